The summed E-state index contributed by atoms with van der Waals surface area (Å²) in [5.41, 5.74) is 3.89. The first kappa shape index (κ1) is 40.3. The van der Waals surface area contributed by atoms with Crippen molar-refractivity contribution in [1.29, 1.82) is 0 Å². The zero-order valence-corrected chi connectivity index (χ0v) is 33.0. The number of halogens is 4. The molecular weight excluding hydrogens is 801 g/mol. The molecule has 4 aromatic heterocycles. The van der Waals surface area contributed by atoms with Gasteiger partial charge in [0.05, 0.1) is 43.2 Å². The molecule has 0 unspecified atom stereocenters. The lowest BCUT2D eigenvalue weighted by Gasteiger charge is -2.14. The summed E-state index contributed by atoms with van der Waals surface area (Å²) in [5, 5.41) is 7.95. The summed E-state index contributed by atoms with van der Waals surface area (Å²) in [4.78, 5) is 25.1. The van der Waals surface area contributed by atoms with Crippen molar-refractivity contribution in [2.75, 3.05) is 31.5 Å². The van der Waals surface area contributed by atoms with Crippen LogP contribution in [0.4, 0.5) is 31.8 Å². The van der Waals surface area contributed by atoms with E-state index in [1.807, 2.05) is 24.3 Å². The number of benzene rings is 4. The van der Waals surface area contributed by atoms with Gasteiger partial charge in [-0.2, -0.15) is 0 Å². The average molecular weight is 836 g/mol. The maximum absolute atomic E-state index is 14.2. The van der Waals surface area contributed by atoms with Gasteiger partial charge in [0.1, 0.15) is 42.5 Å². The van der Waals surface area contributed by atoms with Gasteiger partial charge in [0.25, 0.3) is 0 Å². The van der Waals surface area contributed by atoms with Crippen LogP contribution < -0.4 is 29.6 Å². The summed E-state index contributed by atoms with van der Waals surface area (Å²) >= 11 is 11.6. The predicted molar refractivity (Wildman–Crippen MR) is 224 cm³/mol. The second-order valence-electron chi connectivity index (χ2n) is 12.6. The van der Waals surface area contributed by atoms with E-state index < -0.39 is 11.6 Å². The molecule has 4 aromatic carbocycles. The van der Waals surface area contributed by atoms with Gasteiger partial charge in [0.2, 0.25) is 0 Å². The van der Waals surface area contributed by atoms with Crippen LogP contribution in [-0.2, 0) is 13.0 Å². The fourth-order valence-electron chi connectivity index (χ4n) is 5.78. The maximum atomic E-state index is 14.2. The van der Waals surface area contributed by atoms with E-state index in [-0.39, 0.29) is 11.4 Å². The summed E-state index contributed by atoms with van der Waals surface area (Å²) in [6.07, 6.45) is 10.5. The van der Waals surface area contributed by atoms with Crippen molar-refractivity contribution < 1.29 is 27.7 Å². The highest BCUT2D eigenvalue weighted by atomic mass is 35.5. The summed E-state index contributed by atoms with van der Waals surface area (Å²) < 4.78 is 51.2. The second kappa shape index (κ2) is 19.0. The number of aromatic nitrogens is 6. The Balaban J connectivity index is 0.000000179. The predicted octanol–water partition coefficient (Wildman–Crippen LogP) is 10.3. The van der Waals surface area contributed by atoms with Crippen LogP contribution in [0.25, 0.3) is 21.8 Å². The Bertz CT molecular complexity index is 2700. The van der Waals surface area contributed by atoms with Gasteiger partial charge in [-0.3, -0.25) is 9.97 Å². The van der Waals surface area contributed by atoms with E-state index in [1.165, 1.54) is 24.8 Å². The summed E-state index contributed by atoms with van der Waals surface area (Å²) in [6, 6.07) is 23.5. The molecule has 12 nitrogen and oxygen atoms in total. The first-order chi connectivity index (χ1) is 28.8. The second-order valence-corrected chi connectivity index (χ2v) is 13.5. The van der Waals surface area contributed by atoms with Gasteiger partial charge in [0.15, 0.2) is 23.0 Å². The Morgan fingerprint density at radius 1 is 0.542 bits per heavy atom. The molecule has 0 aliphatic heterocycles. The smallest absolute Gasteiger partial charge is 0.163 e. The van der Waals surface area contributed by atoms with E-state index in [4.69, 9.17) is 42.1 Å². The largest absolute Gasteiger partial charge is 0.493 e. The van der Waals surface area contributed by atoms with Crippen molar-refractivity contribution in [2.24, 2.45) is 0 Å². The molecule has 0 saturated carbocycles. The molecule has 59 heavy (non-hydrogen) atoms. The fraction of sp³-hybridized carbons (Fsp3) is 0.116. The number of rotatable bonds is 13. The molecule has 16 heteroatoms. The fourth-order valence-corrected chi connectivity index (χ4v) is 6.09. The molecule has 0 bridgehead atoms. The van der Waals surface area contributed by atoms with E-state index >= 15 is 0 Å². The zero-order valence-electron chi connectivity index (χ0n) is 31.5. The Morgan fingerprint density at radius 3 is 1.49 bits per heavy atom. The van der Waals surface area contributed by atoms with Crippen molar-refractivity contribution in [3.8, 4) is 23.0 Å². The Morgan fingerprint density at radius 2 is 1.02 bits per heavy atom. The van der Waals surface area contributed by atoms with Crippen molar-refractivity contribution in [2.45, 2.75) is 13.0 Å². The van der Waals surface area contributed by atoms with Crippen molar-refractivity contribution in [3.05, 3.63) is 155 Å². The van der Waals surface area contributed by atoms with Gasteiger partial charge in [-0.05, 0) is 83.9 Å². The third kappa shape index (κ3) is 10.2. The molecule has 0 fully saturated rings. The van der Waals surface area contributed by atoms with E-state index in [0.29, 0.717) is 79.7 Å². The minimum absolute atomic E-state index is 0.256. The molecule has 0 aliphatic rings. The van der Waals surface area contributed by atoms with Crippen LogP contribution in [0.15, 0.2) is 122 Å². The van der Waals surface area contributed by atoms with Gasteiger partial charge in [-0.15, -0.1) is 0 Å². The van der Waals surface area contributed by atoms with Gasteiger partial charge >= 0.3 is 0 Å². The number of anilines is 4. The number of hydrogen-bond acceptors (Lipinski definition) is 12. The molecule has 8 aromatic rings. The van der Waals surface area contributed by atoms with Gasteiger partial charge in [-0.25, -0.2) is 28.7 Å². The van der Waals surface area contributed by atoms with E-state index in [0.717, 1.165) is 17.5 Å². The molecule has 2 N–H and O–H groups in total. The highest BCUT2D eigenvalue weighted by Gasteiger charge is 2.15. The lowest BCUT2D eigenvalue weighted by molar-refractivity contribution is 0.285. The molecular formula is C43H34Cl2F2N8O4. The number of hydrogen-bond donors (Lipinski definition) is 2. The lowest BCUT2D eigenvalue weighted by Crippen LogP contribution is -2.04. The first-order valence-electron chi connectivity index (χ1n) is 17.9. The molecule has 0 aliphatic carbocycles. The highest BCUT2D eigenvalue weighted by Crippen LogP contribution is 2.37. The summed E-state index contributed by atoms with van der Waals surface area (Å²) in [6.45, 7) is 0.828. The number of nitrogens with one attached hydrogen (secondary N) is 2. The molecule has 8 rings (SSSR count). The zero-order chi connectivity index (χ0) is 41.1. The van der Waals surface area contributed by atoms with Gasteiger partial charge in [0, 0.05) is 64.2 Å². The standard InChI is InChI=1S/C22H18ClFN4O2.C21H16ClFN4O2/c1-29-20-11-16-19(12-21(20)30-9-6-14-4-7-25-8-5-14)26-13-27-22(16)28-18-3-2-15(23)10-17(18)24;1-28-19-9-15-18(10-20(19)29-11-13-4-6-24-7-5-13)25-12-26-21(15)27-17-3-2-14(22)8-16(17)23/h2-5,7-8,10-13H,6,9H2,1H3,(H,26,27,28);2-10,12H,11H2,1H3,(H,25,26,27). The number of pyridine rings is 2. The third-order valence-corrected chi connectivity index (χ3v) is 9.22. The monoisotopic (exact) mass is 834 g/mol. The van der Waals surface area contributed by atoms with Crippen LogP contribution in [0, 0.1) is 11.6 Å². The van der Waals surface area contributed by atoms with Crippen LogP contribution in [-0.4, -0.2) is 50.7 Å². The summed E-state index contributed by atoms with van der Waals surface area (Å²) in [7, 11) is 3.11. The maximum Gasteiger partial charge on any atom is 0.163 e. The molecule has 0 saturated heterocycles. The van der Waals surface area contributed by atoms with Crippen molar-refractivity contribution in [1.82, 2.24) is 29.9 Å². The third-order valence-electron chi connectivity index (χ3n) is 8.75. The molecule has 4 heterocycles. The highest BCUT2D eigenvalue weighted by molar-refractivity contribution is 6.31. The van der Waals surface area contributed by atoms with Crippen LogP contribution in [0.5, 0.6) is 23.0 Å². The van der Waals surface area contributed by atoms with Crippen LogP contribution in [0.2, 0.25) is 10.0 Å². The molecule has 0 atom stereocenters. The van der Waals surface area contributed by atoms with Crippen LogP contribution in [0.3, 0.4) is 0 Å². The quantitative estimate of drug-likeness (QED) is 0.114. The Kier molecular flexibility index (Phi) is 13.0. The lowest BCUT2D eigenvalue weighted by atomic mass is 10.2. The molecule has 0 radical (unpaired) electrons. The number of methoxy groups -OCH3 is 2. The van der Waals surface area contributed by atoms with Gasteiger partial charge < -0.3 is 29.6 Å². The minimum Gasteiger partial charge on any atom is -0.493 e. The number of nitrogens with zero attached hydrogens (tertiary/aromatic N) is 6. The molecule has 0 spiro atoms. The van der Waals surface area contributed by atoms with Crippen LogP contribution >= 0.6 is 23.2 Å². The minimum atomic E-state index is -0.478. The van der Waals surface area contributed by atoms with E-state index in [1.54, 1.807) is 87.5 Å². The SMILES string of the molecule is COc1cc2c(Nc3ccc(Cl)cc3F)ncnc2cc1OCCc1ccncc1.COc1cc2c(Nc3ccc(Cl)cc3F)ncnc2cc1OCc1ccncc1. The molecule has 298 valence electrons. The van der Waals surface area contributed by atoms with Gasteiger partial charge in [-0.1, -0.05) is 23.2 Å². The summed E-state index contributed by atoms with van der Waals surface area (Å²) in [5.74, 6) is 2.09. The van der Waals surface area contributed by atoms with E-state index in [2.05, 4.69) is 40.5 Å². The van der Waals surface area contributed by atoms with Crippen LogP contribution in [0.1, 0.15) is 11.1 Å². The topological polar surface area (TPSA) is 138 Å². The number of fused-ring (bicyclic) bond motifs is 2. The number of ether oxygens (including phenoxy) is 4. The van der Waals surface area contributed by atoms with Crippen molar-refractivity contribution >= 4 is 68.0 Å². The average Bonchev–Trinajstić information content (AvgIpc) is 3.25. The first-order valence-corrected chi connectivity index (χ1v) is 18.7. The Labute approximate surface area is 347 Å². The van der Waals surface area contributed by atoms with E-state index in [9.17, 15) is 8.78 Å². The normalized spacial score (nSPS) is 10.7. The molecule has 0 amide bonds. The van der Waals surface area contributed by atoms with Crippen molar-refractivity contribution in [3.63, 3.8) is 0 Å². The Hall–Kier alpha value is -6.90.